The van der Waals surface area contributed by atoms with Gasteiger partial charge >= 0.3 is 0 Å². The zero-order valence-corrected chi connectivity index (χ0v) is 17.9. The van der Waals surface area contributed by atoms with Crippen LogP contribution in [0.2, 0.25) is 0 Å². The first kappa shape index (κ1) is 20.9. The largest absolute Gasteiger partial charge is 0.497 e. The maximum Gasteiger partial charge on any atom is 0.234 e. The van der Waals surface area contributed by atoms with Crippen molar-refractivity contribution in [3.05, 3.63) is 96.1 Å². The van der Waals surface area contributed by atoms with E-state index >= 15 is 0 Å². The van der Waals surface area contributed by atoms with Crippen LogP contribution in [0.5, 0.6) is 5.75 Å². The summed E-state index contributed by atoms with van der Waals surface area (Å²) < 4.78 is 5.28. The maximum absolute atomic E-state index is 13.0. The number of hydrogen-bond donors (Lipinski definition) is 1. The Labute approximate surface area is 184 Å². The summed E-state index contributed by atoms with van der Waals surface area (Å²) in [6.45, 7) is 4.01. The van der Waals surface area contributed by atoms with Crippen LogP contribution in [-0.2, 0) is 4.79 Å². The van der Waals surface area contributed by atoms with E-state index in [0.717, 1.165) is 43.1 Å². The number of nitrogens with zero attached hydrogens (tertiary/aromatic N) is 2. The van der Waals surface area contributed by atoms with Gasteiger partial charge in [-0.2, -0.15) is 0 Å². The standard InChI is InChI=1S/C26H29N3O2/c1-31-24-14-12-22(13-15-24)26(21-8-4-2-5-9-21)27-25(30)20-28-16-18-29(19-17-28)23-10-6-3-7-11-23/h2-15,26H,16-20H2,1H3,(H,27,30)/t26-/m1/s1. The van der Waals surface area contributed by atoms with Gasteiger partial charge in [-0.25, -0.2) is 0 Å². The van der Waals surface area contributed by atoms with Gasteiger partial charge in [-0.05, 0) is 35.4 Å². The first-order valence-corrected chi connectivity index (χ1v) is 10.7. The molecule has 0 aliphatic carbocycles. The van der Waals surface area contributed by atoms with Gasteiger partial charge in [-0.1, -0.05) is 60.7 Å². The average molecular weight is 416 g/mol. The number of hydrogen-bond acceptors (Lipinski definition) is 4. The van der Waals surface area contributed by atoms with Gasteiger partial charge in [-0.3, -0.25) is 9.69 Å². The van der Waals surface area contributed by atoms with E-state index in [0.29, 0.717) is 6.54 Å². The molecule has 3 aromatic carbocycles. The van der Waals surface area contributed by atoms with Crippen LogP contribution in [0.1, 0.15) is 17.2 Å². The predicted octanol–water partition coefficient (Wildman–Crippen LogP) is 3.72. The highest BCUT2D eigenvalue weighted by atomic mass is 16.5. The van der Waals surface area contributed by atoms with Gasteiger partial charge in [0.1, 0.15) is 5.75 Å². The van der Waals surface area contributed by atoms with E-state index in [9.17, 15) is 4.79 Å². The molecule has 1 heterocycles. The van der Waals surface area contributed by atoms with Crippen molar-refractivity contribution in [2.75, 3.05) is 44.7 Å². The van der Waals surface area contributed by atoms with Crippen LogP contribution in [0.25, 0.3) is 0 Å². The topological polar surface area (TPSA) is 44.8 Å². The van der Waals surface area contributed by atoms with E-state index in [1.807, 2.05) is 60.7 Å². The van der Waals surface area contributed by atoms with Gasteiger partial charge in [0.2, 0.25) is 5.91 Å². The molecular formula is C26H29N3O2. The van der Waals surface area contributed by atoms with Crippen molar-refractivity contribution < 1.29 is 9.53 Å². The predicted molar refractivity (Wildman–Crippen MR) is 125 cm³/mol. The SMILES string of the molecule is COc1ccc([C@H](NC(=O)CN2CCN(c3ccccc3)CC2)c2ccccc2)cc1. The normalized spacial score (nSPS) is 15.3. The first-order valence-electron chi connectivity index (χ1n) is 10.7. The number of benzene rings is 3. The molecule has 0 aromatic heterocycles. The van der Waals surface area contributed by atoms with E-state index < -0.39 is 0 Å². The smallest absolute Gasteiger partial charge is 0.234 e. The van der Waals surface area contributed by atoms with Crippen molar-refractivity contribution in [1.29, 1.82) is 0 Å². The Bertz CT molecular complexity index is 953. The lowest BCUT2D eigenvalue weighted by Gasteiger charge is -2.36. The second kappa shape index (κ2) is 10.1. The van der Waals surface area contributed by atoms with Gasteiger partial charge in [-0.15, -0.1) is 0 Å². The molecule has 1 amide bonds. The van der Waals surface area contributed by atoms with Crippen molar-refractivity contribution in [3.8, 4) is 5.75 Å². The number of para-hydroxylation sites is 1. The molecule has 0 radical (unpaired) electrons. The summed E-state index contributed by atoms with van der Waals surface area (Å²) >= 11 is 0. The van der Waals surface area contributed by atoms with Gasteiger partial charge in [0.15, 0.2) is 0 Å². The Morgan fingerprint density at radius 2 is 1.42 bits per heavy atom. The molecule has 0 unspecified atom stereocenters. The fraction of sp³-hybridized carbons (Fsp3) is 0.269. The fourth-order valence-electron chi connectivity index (χ4n) is 4.01. The van der Waals surface area contributed by atoms with Gasteiger partial charge in [0.05, 0.1) is 19.7 Å². The number of methoxy groups -OCH3 is 1. The third-order valence-electron chi connectivity index (χ3n) is 5.75. The molecule has 0 saturated carbocycles. The van der Waals surface area contributed by atoms with E-state index in [2.05, 4.69) is 39.4 Å². The molecule has 160 valence electrons. The number of piperazine rings is 1. The van der Waals surface area contributed by atoms with Crippen LogP contribution in [0.4, 0.5) is 5.69 Å². The number of amides is 1. The molecule has 31 heavy (non-hydrogen) atoms. The minimum absolute atomic E-state index is 0.0397. The number of anilines is 1. The van der Waals surface area contributed by atoms with Crippen molar-refractivity contribution in [3.63, 3.8) is 0 Å². The van der Waals surface area contributed by atoms with Crippen LogP contribution in [0.15, 0.2) is 84.9 Å². The Balaban J connectivity index is 1.39. The molecular weight excluding hydrogens is 386 g/mol. The monoisotopic (exact) mass is 415 g/mol. The minimum Gasteiger partial charge on any atom is -0.497 e. The van der Waals surface area contributed by atoms with Crippen LogP contribution in [0, 0.1) is 0 Å². The molecule has 5 heteroatoms. The molecule has 0 spiro atoms. The van der Waals surface area contributed by atoms with E-state index in [-0.39, 0.29) is 11.9 Å². The molecule has 1 fully saturated rings. The zero-order chi connectivity index (χ0) is 21.5. The Morgan fingerprint density at radius 3 is 2.03 bits per heavy atom. The highest BCUT2D eigenvalue weighted by molar-refractivity contribution is 5.79. The molecule has 1 aliphatic heterocycles. The van der Waals surface area contributed by atoms with Crippen molar-refractivity contribution in [1.82, 2.24) is 10.2 Å². The lowest BCUT2D eigenvalue weighted by Crippen LogP contribution is -2.49. The van der Waals surface area contributed by atoms with Gasteiger partial charge in [0.25, 0.3) is 0 Å². The van der Waals surface area contributed by atoms with Crippen molar-refractivity contribution >= 4 is 11.6 Å². The molecule has 1 aliphatic rings. The Morgan fingerprint density at radius 1 is 0.839 bits per heavy atom. The zero-order valence-electron chi connectivity index (χ0n) is 17.9. The van der Waals surface area contributed by atoms with E-state index in [4.69, 9.17) is 4.74 Å². The number of rotatable bonds is 7. The molecule has 1 N–H and O–H groups in total. The Hall–Kier alpha value is -3.31. The Kier molecular flexibility index (Phi) is 6.85. The second-order valence-corrected chi connectivity index (χ2v) is 7.78. The summed E-state index contributed by atoms with van der Waals surface area (Å²) in [6, 6.07) is 28.2. The van der Waals surface area contributed by atoms with Crippen LogP contribution in [-0.4, -0.2) is 50.6 Å². The molecule has 3 aromatic rings. The average Bonchev–Trinajstić information content (AvgIpc) is 2.84. The summed E-state index contributed by atoms with van der Waals surface area (Å²) in [5.41, 5.74) is 3.35. The fourth-order valence-corrected chi connectivity index (χ4v) is 4.01. The molecule has 4 rings (SSSR count). The third-order valence-corrected chi connectivity index (χ3v) is 5.75. The van der Waals surface area contributed by atoms with Crippen molar-refractivity contribution in [2.24, 2.45) is 0 Å². The second-order valence-electron chi connectivity index (χ2n) is 7.78. The van der Waals surface area contributed by atoms with Crippen molar-refractivity contribution in [2.45, 2.75) is 6.04 Å². The van der Waals surface area contributed by atoms with Crippen LogP contribution >= 0.6 is 0 Å². The van der Waals surface area contributed by atoms with Gasteiger partial charge in [0, 0.05) is 31.9 Å². The molecule has 0 bridgehead atoms. The lowest BCUT2D eigenvalue weighted by atomic mass is 9.98. The summed E-state index contributed by atoms with van der Waals surface area (Å²) in [6.07, 6.45) is 0. The summed E-state index contributed by atoms with van der Waals surface area (Å²) in [5.74, 6) is 0.844. The number of nitrogens with one attached hydrogen (secondary N) is 1. The number of carbonyl (C=O) groups excluding carboxylic acids is 1. The van der Waals surface area contributed by atoms with Gasteiger partial charge < -0.3 is 15.0 Å². The molecule has 1 saturated heterocycles. The highest BCUT2D eigenvalue weighted by Crippen LogP contribution is 2.24. The highest BCUT2D eigenvalue weighted by Gasteiger charge is 2.22. The molecule has 5 nitrogen and oxygen atoms in total. The first-order chi connectivity index (χ1) is 15.2. The molecule has 1 atom stereocenters. The summed E-state index contributed by atoms with van der Waals surface area (Å²) in [5, 5.41) is 3.24. The maximum atomic E-state index is 13.0. The quantitative estimate of drug-likeness (QED) is 0.639. The number of carbonyl (C=O) groups is 1. The number of ether oxygens (including phenoxy) is 1. The van der Waals surface area contributed by atoms with E-state index in [1.165, 1.54) is 5.69 Å². The minimum atomic E-state index is -0.190. The van der Waals surface area contributed by atoms with Crippen LogP contribution in [0.3, 0.4) is 0 Å². The lowest BCUT2D eigenvalue weighted by molar-refractivity contribution is -0.122. The third kappa shape index (κ3) is 5.44. The van der Waals surface area contributed by atoms with Crippen LogP contribution < -0.4 is 15.0 Å². The summed E-state index contributed by atoms with van der Waals surface area (Å²) in [7, 11) is 1.66. The van der Waals surface area contributed by atoms with E-state index in [1.54, 1.807) is 7.11 Å². The summed E-state index contributed by atoms with van der Waals surface area (Å²) in [4.78, 5) is 17.6.